The Hall–Kier alpha value is -1.36. The first-order valence-electron chi connectivity index (χ1n) is 6.27. The van der Waals surface area contributed by atoms with Gasteiger partial charge in [0.2, 0.25) is 5.95 Å². The summed E-state index contributed by atoms with van der Waals surface area (Å²) in [7, 11) is 0. The summed E-state index contributed by atoms with van der Waals surface area (Å²) in [4.78, 5) is 10.7. The lowest BCUT2D eigenvalue weighted by Crippen LogP contribution is -2.34. The minimum Gasteiger partial charge on any atom is -0.368 e. The van der Waals surface area contributed by atoms with E-state index in [4.69, 9.17) is 5.73 Å². The number of nitrogens with zero attached hydrogens (tertiary/aromatic N) is 3. The van der Waals surface area contributed by atoms with E-state index in [1.807, 2.05) is 6.92 Å². The summed E-state index contributed by atoms with van der Waals surface area (Å²) in [6, 6.07) is 0.621. The minimum atomic E-state index is 0.330. The van der Waals surface area contributed by atoms with Crippen LogP contribution >= 0.6 is 0 Å². The van der Waals surface area contributed by atoms with E-state index >= 15 is 0 Å². The van der Waals surface area contributed by atoms with Crippen LogP contribution in [0.15, 0.2) is 6.20 Å². The highest BCUT2D eigenvalue weighted by molar-refractivity contribution is 5.45. The fourth-order valence-electron chi connectivity index (χ4n) is 2.39. The SMILES string of the molecule is CCN1CCCC1CNc1nc(N)ncc1C. The number of anilines is 2. The van der Waals surface area contributed by atoms with Gasteiger partial charge in [-0.2, -0.15) is 4.98 Å². The van der Waals surface area contributed by atoms with Gasteiger partial charge in [0.1, 0.15) is 5.82 Å². The molecule has 0 aromatic carbocycles. The quantitative estimate of drug-likeness (QED) is 0.822. The number of likely N-dealkylation sites (N-methyl/N-ethyl adjacent to an activating group) is 1. The van der Waals surface area contributed by atoms with Crippen molar-refractivity contribution in [3.05, 3.63) is 11.8 Å². The molecule has 0 amide bonds. The zero-order valence-corrected chi connectivity index (χ0v) is 10.6. The number of nitrogens with two attached hydrogens (primary N) is 1. The van der Waals surface area contributed by atoms with E-state index in [0.29, 0.717) is 12.0 Å². The number of rotatable bonds is 4. The van der Waals surface area contributed by atoms with Crippen molar-refractivity contribution in [1.82, 2.24) is 14.9 Å². The molecule has 17 heavy (non-hydrogen) atoms. The molecule has 1 aliphatic heterocycles. The molecule has 0 saturated carbocycles. The van der Waals surface area contributed by atoms with Crippen molar-refractivity contribution < 1.29 is 0 Å². The summed E-state index contributed by atoms with van der Waals surface area (Å²) >= 11 is 0. The lowest BCUT2D eigenvalue weighted by Gasteiger charge is -2.23. The van der Waals surface area contributed by atoms with Gasteiger partial charge in [0, 0.05) is 24.3 Å². The van der Waals surface area contributed by atoms with Crippen molar-refractivity contribution in [2.45, 2.75) is 32.7 Å². The van der Waals surface area contributed by atoms with Gasteiger partial charge in [0.15, 0.2) is 0 Å². The van der Waals surface area contributed by atoms with Gasteiger partial charge in [-0.05, 0) is 32.9 Å². The van der Waals surface area contributed by atoms with Gasteiger partial charge < -0.3 is 11.1 Å². The third kappa shape index (κ3) is 2.85. The average Bonchev–Trinajstić information content (AvgIpc) is 2.77. The van der Waals surface area contributed by atoms with Crippen LogP contribution in [0.1, 0.15) is 25.3 Å². The molecule has 1 saturated heterocycles. The first kappa shape index (κ1) is 12.1. The second-order valence-corrected chi connectivity index (χ2v) is 4.57. The third-order valence-corrected chi connectivity index (χ3v) is 3.40. The summed E-state index contributed by atoms with van der Waals surface area (Å²) in [6.07, 6.45) is 4.32. The van der Waals surface area contributed by atoms with Crippen LogP contribution < -0.4 is 11.1 Å². The molecule has 5 heteroatoms. The molecule has 3 N–H and O–H groups in total. The third-order valence-electron chi connectivity index (χ3n) is 3.40. The van der Waals surface area contributed by atoms with E-state index in [2.05, 4.69) is 27.1 Å². The summed E-state index contributed by atoms with van der Waals surface area (Å²) in [5.41, 5.74) is 6.63. The Morgan fingerprint density at radius 2 is 2.41 bits per heavy atom. The molecule has 1 fully saturated rings. The van der Waals surface area contributed by atoms with Gasteiger partial charge in [-0.1, -0.05) is 6.92 Å². The van der Waals surface area contributed by atoms with Crippen LogP contribution in [-0.2, 0) is 0 Å². The summed E-state index contributed by atoms with van der Waals surface area (Å²) in [5, 5.41) is 3.39. The number of aryl methyl sites for hydroxylation is 1. The van der Waals surface area contributed by atoms with E-state index in [-0.39, 0.29) is 0 Å². The lowest BCUT2D eigenvalue weighted by molar-refractivity contribution is 0.277. The zero-order valence-electron chi connectivity index (χ0n) is 10.6. The standard InChI is InChI=1S/C12H21N5/c1-3-17-6-4-5-10(17)8-14-11-9(2)7-15-12(13)16-11/h7,10H,3-6,8H2,1-2H3,(H3,13,14,15,16). The Kier molecular flexibility index (Phi) is 3.78. The van der Waals surface area contributed by atoms with Crippen molar-refractivity contribution in [1.29, 1.82) is 0 Å². The first-order valence-corrected chi connectivity index (χ1v) is 6.27. The maximum atomic E-state index is 5.59. The summed E-state index contributed by atoms with van der Waals surface area (Å²) in [6.45, 7) is 7.48. The van der Waals surface area contributed by atoms with Crippen LogP contribution in [0.5, 0.6) is 0 Å². The largest absolute Gasteiger partial charge is 0.368 e. The fourth-order valence-corrected chi connectivity index (χ4v) is 2.39. The molecule has 1 aromatic rings. The molecule has 0 aliphatic carbocycles. The van der Waals surface area contributed by atoms with E-state index < -0.39 is 0 Å². The summed E-state index contributed by atoms with van der Waals surface area (Å²) < 4.78 is 0. The molecular weight excluding hydrogens is 214 g/mol. The molecule has 1 unspecified atom stereocenters. The smallest absolute Gasteiger partial charge is 0.221 e. The van der Waals surface area contributed by atoms with Gasteiger partial charge in [0.25, 0.3) is 0 Å². The Morgan fingerprint density at radius 3 is 3.18 bits per heavy atom. The molecule has 0 spiro atoms. The number of nitrogen functional groups attached to an aromatic ring is 1. The second-order valence-electron chi connectivity index (χ2n) is 4.57. The van der Waals surface area contributed by atoms with Gasteiger partial charge in [-0.3, -0.25) is 4.90 Å². The monoisotopic (exact) mass is 235 g/mol. The Morgan fingerprint density at radius 1 is 1.59 bits per heavy atom. The maximum Gasteiger partial charge on any atom is 0.221 e. The van der Waals surface area contributed by atoms with Crippen LogP contribution in [0, 0.1) is 6.92 Å². The molecule has 5 nitrogen and oxygen atoms in total. The van der Waals surface area contributed by atoms with E-state index in [0.717, 1.165) is 24.5 Å². The number of nitrogens with one attached hydrogen (secondary N) is 1. The Balaban J connectivity index is 1.95. The highest BCUT2D eigenvalue weighted by Crippen LogP contribution is 2.18. The van der Waals surface area contributed by atoms with Crippen LogP contribution in [-0.4, -0.2) is 40.5 Å². The fraction of sp³-hybridized carbons (Fsp3) is 0.667. The van der Waals surface area contributed by atoms with Crippen molar-refractivity contribution in [3.63, 3.8) is 0 Å². The van der Waals surface area contributed by atoms with Gasteiger partial charge in [-0.25, -0.2) is 4.98 Å². The van der Waals surface area contributed by atoms with Crippen molar-refractivity contribution in [2.24, 2.45) is 0 Å². The Bertz CT molecular complexity index is 379. The lowest BCUT2D eigenvalue weighted by atomic mass is 10.2. The van der Waals surface area contributed by atoms with Gasteiger partial charge >= 0.3 is 0 Å². The predicted octanol–water partition coefficient (Wildman–Crippen LogP) is 1.26. The van der Waals surface area contributed by atoms with Crippen molar-refractivity contribution in [2.75, 3.05) is 30.7 Å². The van der Waals surface area contributed by atoms with Crippen molar-refractivity contribution in [3.8, 4) is 0 Å². The maximum absolute atomic E-state index is 5.59. The molecule has 1 aliphatic rings. The van der Waals surface area contributed by atoms with Crippen LogP contribution in [0.3, 0.4) is 0 Å². The molecule has 0 bridgehead atoms. The molecular formula is C12H21N5. The number of aromatic nitrogens is 2. The molecule has 1 aromatic heterocycles. The van der Waals surface area contributed by atoms with E-state index in [1.165, 1.54) is 19.4 Å². The number of likely N-dealkylation sites (tertiary alicyclic amines) is 1. The molecule has 0 radical (unpaired) electrons. The van der Waals surface area contributed by atoms with Gasteiger partial charge in [0.05, 0.1) is 0 Å². The minimum absolute atomic E-state index is 0.330. The van der Waals surface area contributed by atoms with Crippen LogP contribution in [0.4, 0.5) is 11.8 Å². The highest BCUT2D eigenvalue weighted by Gasteiger charge is 2.22. The van der Waals surface area contributed by atoms with Crippen molar-refractivity contribution >= 4 is 11.8 Å². The molecule has 2 heterocycles. The highest BCUT2D eigenvalue weighted by atomic mass is 15.2. The molecule has 1 atom stereocenters. The van der Waals surface area contributed by atoms with Gasteiger partial charge in [-0.15, -0.1) is 0 Å². The first-order chi connectivity index (χ1) is 8.20. The molecule has 2 rings (SSSR count). The van der Waals surface area contributed by atoms with Crippen LogP contribution in [0.2, 0.25) is 0 Å². The van der Waals surface area contributed by atoms with E-state index in [9.17, 15) is 0 Å². The topological polar surface area (TPSA) is 67.1 Å². The number of hydrogen-bond donors (Lipinski definition) is 2. The summed E-state index contributed by atoms with van der Waals surface area (Å²) in [5.74, 6) is 1.19. The second kappa shape index (κ2) is 5.31. The Labute approximate surface area is 102 Å². The predicted molar refractivity (Wildman–Crippen MR) is 69.9 cm³/mol. The average molecular weight is 235 g/mol. The molecule has 94 valence electrons. The normalized spacial score (nSPS) is 20.7. The van der Waals surface area contributed by atoms with E-state index in [1.54, 1.807) is 6.20 Å². The zero-order chi connectivity index (χ0) is 12.3. The van der Waals surface area contributed by atoms with Crippen LogP contribution in [0.25, 0.3) is 0 Å². The number of hydrogen-bond acceptors (Lipinski definition) is 5.